The third-order valence-corrected chi connectivity index (χ3v) is 3.83. The van der Waals surface area contributed by atoms with Gasteiger partial charge >= 0.3 is 5.97 Å². The Morgan fingerprint density at radius 1 is 1.18 bits per heavy atom. The summed E-state index contributed by atoms with van der Waals surface area (Å²) >= 11 is 0. The first-order valence-electron chi connectivity index (χ1n) is 6.94. The van der Waals surface area contributed by atoms with Crippen molar-refractivity contribution in [3.05, 3.63) is 34.9 Å². The molecular weight excluding hydrogens is 292 g/mol. The smallest absolute Gasteiger partial charge is 0.338 e. The fourth-order valence-corrected chi connectivity index (χ4v) is 2.27. The molecule has 7 heteroatoms. The van der Waals surface area contributed by atoms with Crippen LogP contribution in [-0.2, 0) is 9.47 Å². The summed E-state index contributed by atoms with van der Waals surface area (Å²) in [6.07, 6.45) is -7.24. The highest BCUT2D eigenvalue weighted by molar-refractivity contribution is 5.89. The van der Waals surface area contributed by atoms with Gasteiger partial charge in [-0.3, -0.25) is 0 Å². The van der Waals surface area contributed by atoms with Crippen molar-refractivity contribution in [1.29, 1.82) is 0 Å². The number of aliphatic hydroxyl groups excluding tert-OH is 4. The predicted molar refractivity (Wildman–Crippen MR) is 75.1 cm³/mol. The van der Waals surface area contributed by atoms with Gasteiger partial charge in [0, 0.05) is 0 Å². The van der Waals surface area contributed by atoms with E-state index in [2.05, 4.69) is 0 Å². The molecule has 0 aromatic heterocycles. The van der Waals surface area contributed by atoms with Crippen LogP contribution in [0.3, 0.4) is 0 Å². The molecule has 1 aromatic rings. The summed E-state index contributed by atoms with van der Waals surface area (Å²) in [7, 11) is 0. The average Bonchev–Trinajstić information content (AvgIpc) is 2.49. The molecule has 1 aromatic carbocycles. The molecule has 1 unspecified atom stereocenters. The molecule has 1 aliphatic heterocycles. The lowest BCUT2D eigenvalue weighted by atomic mass is 9.99. The van der Waals surface area contributed by atoms with Crippen LogP contribution < -0.4 is 0 Å². The van der Waals surface area contributed by atoms with E-state index in [0.717, 1.165) is 11.1 Å². The molecule has 0 spiro atoms. The van der Waals surface area contributed by atoms with E-state index in [1.54, 1.807) is 18.2 Å². The SMILES string of the molecule is Cc1ccc(C(=O)O[C@H]2[C@H](O)[C@@H](CO)OC(O)[C@@H]2O)cc1C. The molecule has 1 fully saturated rings. The van der Waals surface area contributed by atoms with Gasteiger partial charge in [-0.15, -0.1) is 0 Å². The lowest BCUT2D eigenvalue weighted by Gasteiger charge is -2.39. The van der Waals surface area contributed by atoms with Gasteiger partial charge in [0.25, 0.3) is 0 Å². The largest absolute Gasteiger partial charge is 0.453 e. The van der Waals surface area contributed by atoms with Gasteiger partial charge < -0.3 is 29.9 Å². The van der Waals surface area contributed by atoms with Crippen molar-refractivity contribution in [3.63, 3.8) is 0 Å². The predicted octanol–water partition coefficient (Wildman–Crippen LogP) is -0.740. The lowest BCUT2D eigenvalue weighted by Crippen LogP contribution is -2.59. The van der Waals surface area contributed by atoms with Crippen molar-refractivity contribution >= 4 is 5.97 Å². The molecule has 22 heavy (non-hydrogen) atoms. The Bertz CT molecular complexity index is 545. The number of hydrogen-bond donors (Lipinski definition) is 4. The number of aliphatic hydroxyl groups is 4. The molecular formula is C15H20O7. The van der Waals surface area contributed by atoms with E-state index in [1.165, 1.54) is 0 Å². The summed E-state index contributed by atoms with van der Waals surface area (Å²) in [5.41, 5.74) is 2.18. The summed E-state index contributed by atoms with van der Waals surface area (Å²) in [5.74, 6) is -0.739. The highest BCUT2D eigenvalue weighted by Crippen LogP contribution is 2.23. The topological polar surface area (TPSA) is 116 Å². The second kappa shape index (κ2) is 6.72. The number of ether oxygens (including phenoxy) is 2. The van der Waals surface area contributed by atoms with E-state index in [9.17, 15) is 20.1 Å². The van der Waals surface area contributed by atoms with Crippen LogP contribution in [0, 0.1) is 13.8 Å². The molecule has 0 aliphatic carbocycles. The summed E-state index contributed by atoms with van der Waals surface area (Å²) in [6, 6.07) is 4.96. The number of esters is 1. The molecule has 0 bridgehead atoms. The van der Waals surface area contributed by atoms with Gasteiger partial charge in [-0.05, 0) is 37.1 Å². The van der Waals surface area contributed by atoms with Crippen LogP contribution in [0.2, 0.25) is 0 Å². The second-order valence-electron chi connectivity index (χ2n) is 5.40. The molecule has 0 radical (unpaired) electrons. The molecule has 122 valence electrons. The normalized spacial score (nSPS) is 31.8. The van der Waals surface area contributed by atoms with Gasteiger partial charge in [-0.25, -0.2) is 4.79 Å². The van der Waals surface area contributed by atoms with Crippen molar-refractivity contribution in [2.75, 3.05) is 6.61 Å². The number of rotatable bonds is 3. The van der Waals surface area contributed by atoms with Crippen LogP contribution in [0.15, 0.2) is 18.2 Å². The summed E-state index contributed by atoms with van der Waals surface area (Å²) < 4.78 is 9.94. The highest BCUT2D eigenvalue weighted by atomic mass is 16.7. The first kappa shape index (κ1) is 16.9. The van der Waals surface area contributed by atoms with Crippen molar-refractivity contribution in [3.8, 4) is 0 Å². The van der Waals surface area contributed by atoms with Crippen molar-refractivity contribution in [2.45, 2.75) is 44.6 Å². The summed E-state index contributed by atoms with van der Waals surface area (Å²) in [4.78, 5) is 12.1. The van der Waals surface area contributed by atoms with Crippen molar-refractivity contribution in [2.24, 2.45) is 0 Å². The first-order valence-corrected chi connectivity index (χ1v) is 6.94. The van der Waals surface area contributed by atoms with Crippen LogP contribution >= 0.6 is 0 Å². The maximum Gasteiger partial charge on any atom is 0.338 e. The Morgan fingerprint density at radius 2 is 1.86 bits per heavy atom. The van der Waals surface area contributed by atoms with E-state index < -0.39 is 43.3 Å². The van der Waals surface area contributed by atoms with Crippen LogP contribution in [0.4, 0.5) is 0 Å². The van der Waals surface area contributed by atoms with Gasteiger partial charge in [0.05, 0.1) is 12.2 Å². The first-order chi connectivity index (χ1) is 10.3. The zero-order chi connectivity index (χ0) is 16.4. The Kier molecular flexibility index (Phi) is 5.15. The average molecular weight is 312 g/mol. The molecule has 1 saturated heterocycles. The third kappa shape index (κ3) is 3.29. The summed E-state index contributed by atoms with van der Waals surface area (Å²) in [5, 5.41) is 38.4. The number of aryl methyl sites for hydroxylation is 2. The summed E-state index contributed by atoms with van der Waals surface area (Å²) in [6.45, 7) is 3.16. The zero-order valence-corrected chi connectivity index (χ0v) is 12.3. The monoisotopic (exact) mass is 312 g/mol. The molecule has 1 aliphatic rings. The highest BCUT2D eigenvalue weighted by Gasteiger charge is 2.46. The van der Waals surface area contributed by atoms with Crippen LogP contribution in [0.1, 0.15) is 21.5 Å². The standard InChI is InChI=1S/C15H20O7/c1-7-3-4-9(5-8(7)2)14(19)22-13-11(17)10(6-16)21-15(20)12(13)18/h3-5,10-13,15-18,20H,6H2,1-2H3/t10-,11-,12-,13+,15?/m1/s1. The number of carbonyl (C=O) groups excluding carboxylic acids is 1. The van der Waals surface area contributed by atoms with E-state index in [1.807, 2.05) is 13.8 Å². The van der Waals surface area contributed by atoms with Gasteiger partial charge in [0.1, 0.15) is 18.3 Å². The maximum atomic E-state index is 12.1. The zero-order valence-electron chi connectivity index (χ0n) is 12.3. The van der Waals surface area contributed by atoms with Crippen molar-refractivity contribution < 1.29 is 34.7 Å². The van der Waals surface area contributed by atoms with Gasteiger partial charge in [-0.2, -0.15) is 0 Å². The van der Waals surface area contributed by atoms with Gasteiger partial charge in [-0.1, -0.05) is 6.07 Å². The van der Waals surface area contributed by atoms with Crippen LogP contribution in [0.25, 0.3) is 0 Å². The van der Waals surface area contributed by atoms with E-state index >= 15 is 0 Å². The van der Waals surface area contributed by atoms with E-state index in [-0.39, 0.29) is 5.56 Å². The Hall–Kier alpha value is -1.51. The lowest BCUT2D eigenvalue weighted by molar-refractivity contribution is -0.285. The molecule has 4 N–H and O–H groups in total. The quantitative estimate of drug-likeness (QED) is 0.543. The maximum absolute atomic E-state index is 12.1. The van der Waals surface area contributed by atoms with E-state index in [4.69, 9.17) is 14.6 Å². The minimum atomic E-state index is -1.65. The Morgan fingerprint density at radius 3 is 2.45 bits per heavy atom. The third-order valence-electron chi connectivity index (χ3n) is 3.83. The van der Waals surface area contributed by atoms with E-state index in [0.29, 0.717) is 0 Å². The van der Waals surface area contributed by atoms with Crippen LogP contribution in [-0.4, -0.2) is 63.7 Å². The minimum Gasteiger partial charge on any atom is -0.453 e. The molecule has 2 rings (SSSR count). The molecule has 5 atom stereocenters. The fraction of sp³-hybridized carbons (Fsp3) is 0.533. The number of benzene rings is 1. The van der Waals surface area contributed by atoms with Gasteiger partial charge in [0.2, 0.25) is 0 Å². The molecule has 1 heterocycles. The van der Waals surface area contributed by atoms with Crippen LogP contribution in [0.5, 0.6) is 0 Å². The van der Waals surface area contributed by atoms with Crippen molar-refractivity contribution in [1.82, 2.24) is 0 Å². The number of hydrogen-bond acceptors (Lipinski definition) is 7. The molecule has 0 saturated carbocycles. The fourth-order valence-electron chi connectivity index (χ4n) is 2.27. The van der Waals surface area contributed by atoms with Gasteiger partial charge in [0.15, 0.2) is 12.4 Å². The minimum absolute atomic E-state index is 0.268. The second-order valence-corrected chi connectivity index (χ2v) is 5.40. The Labute approximate surface area is 127 Å². The molecule has 7 nitrogen and oxygen atoms in total. The Balaban J connectivity index is 2.16. The number of carbonyl (C=O) groups is 1. The molecule has 0 amide bonds.